The standard InChI is InChI=1S/C6H2I4.C6H6S.Zn/c7-3-1-2-4(8)6(10)5(3)9;7-6-4-2-1-3-5-6;/h1-2H;1-5,7H;. The first-order valence-electron chi connectivity index (χ1n) is 4.55. The number of thiol groups is 1. The molecular formula is C12H8I4SZn. The predicted octanol–water partition coefficient (Wildman–Crippen LogP) is 6.08. The maximum Gasteiger partial charge on any atom is 0.0408 e. The summed E-state index contributed by atoms with van der Waals surface area (Å²) in [5, 5.41) is 0. The second-order valence-corrected chi connectivity index (χ2v) is 7.99. The molecule has 2 aromatic carbocycles. The molecule has 0 nitrogen and oxygen atoms in total. The Morgan fingerprint density at radius 3 is 1.33 bits per heavy atom. The fourth-order valence-corrected chi connectivity index (χ4v) is 3.97. The Morgan fingerprint density at radius 2 is 1.06 bits per heavy atom. The summed E-state index contributed by atoms with van der Waals surface area (Å²) in [6.45, 7) is 0. The molecule has 0 amide bonds. The van der Waals surface area contributed by atoms with Gasteiger partial charge in [-0.1, -0.05) is 18.2 Å². The Morgan fingerprint density at radius 1 is 0.667 bits per heavy atom. The molecule has 2 aromatic rings. The normalized spacial score (nSPS) is 8.94. The second-order valence-electron chi connectivity index (χ2n) is 2.99. The first-order valence-corrected chi connectivity index (χ1v) is 9.31. The van der Waals surface area contributed by atoms with E-state index in [1.54, 1.807) is 0 Å². The van der Waals surface area contributed by atoms with Gasteiger partial charge in [-0.15, -0.1) is 12.6 Å². The van der Waals surface area contributed by atoms with E-state index in [1.165, 1.54) is 14.3 Å². The minimum atomic E-state index is 0. The van der Waals surface area contributed by atoms with E-state index >= 15 is 0 Å². The van der Waals surface area contributed by atoms with Gasteiger partial charge in [0.2, 0.25) is 0 Å². The van der Waals surface area contributed by atoms with Crippen LogP contribution in [0.4, 0.5) is 0 Å². The summed E-state index contributed by atoms with van der Waals surface area (Å²) in [6, 6.07) is 14.1. The summed E-state index contributed by atoms with van der Waals surface area (Å²) in [4.78, 5) is 1.02. The molecule has 0 heterocycles. The molecule has 0 unspecified atom stereocenters. The van der Waals surface area contributed by atoms with Crippen LogP contribution in [0.3, 0.4) is 0 Å². The third-order valence-corrected chi connectivity index (χ3v) is 9.18. The van der Waals surface area contributed by atoms with Crippen LogP contribution in [0.1, 0.15) is 0 Å². The van der Waals surface area contributed by atoms with Crippen molar-refractivity contribution in [2.45, 2.75) is 4.90 Å². The van der Waals surface area contributed by atoms with E-state index in [-0.39, 0.29) is 19.5 Å². The van der Waals surface area contributed by atoms with Gasteiger partial charge in [0.25, 0.3) is 0 Å². The first-order chi connectivity index (χ1) is 8.02. The second kappa shape index (κ2) is 11.0. The quantitative estimate of drug-likeness (QED) is 0.109. The van der Waals surface area contributed by atoms with E-state index in [4.69, 9.17) is 0 Å². The summed E-state index contributed by atoms with van der Waals surface area (Å²) < 4.78 is 5.41. The average Bonchev–Trinajstić information content (AvgIpc) is 2.33. The van der Waals surface area contributed by atoms with Gasteiger partial charge in [-0.25, -0.2) is 0 Å². The minimum absolute atomic E-state index is 0. The van der Waals surface area contributed by atoms with Crippen molar-refractivity contribution in [2.24, 2.45) is 0 Å². The Labute approximate surface area is 181 Å². The number of hydrogen-bond donors (Lipinski definition) is 1. The van der Waals surface area contributed by atoms with Crippen molar-refractivity contribution in [1.29, 1.82) is 0 Å². The van der Waals surface area contributed by atoms with E-state index < -0.39 is 0 Å². The molecule has 0 saturated heterocycles. The zero-order valence-corrected chi connectivity index (χ0v) is 21.7. The van der Waals surface area contributed by atoms with E-state index in [9.17, 15) is 0 Å². The molecule has 2 rings (SSSR count). The van der Waals surface area contributed by atoms with Crippen molar-refractivity contribution < 1.29 is 19.5 Å². The summed E-state index contributed by atoms with van der Waals surface area (Å²) in [6.07, 6.45) is 0. The fourth-order valence-electron chi connectivity index (χ4n) is 0.930. The van der Waals surface area contributed by atoms with Crippen LogP contribution in [0.15, 0.2) is 47.4 Å². The maximum atomic E-state index is 4.08. The maximum absolute atomic E-state index is 4.08. The Hall–Kier alpha value is 2.33. The molecule has 0 spiro atoms. The van der Waals surface area contributed by atoms with E-state index in [2.05, 4.69) is 115 Å². The third kappa shape index (κ3) is 7.37. The minimum Gasteiger partial charge on any atom is -0.143 e. The molecule has 0 aliphatic rings. The van der Waals surface area contributed by atoms with Gasteiger partial charge in [-0.3, -0.25) is 0 Å². The summed E-state index contributed by atoms with van der Waals surface area (Å²) in [7, 11) is 0. The molecule has 0 aliphatic heterocycles. The third-order valence-electron chi connectivity index (χ3n) is 1.74. The molecule has 6 heteroatoms. The van der Waals surface area contributed by atoms with Gasteiger partial charge in [0, 0.05) is 38.7 Å². The predicted molar refractivity (Wildman–Crippen MR) is 111 cm³/mol. The number of benzene rings is 2. The van der Waals surface area contributed by atoms with Crippen molar-refractivity contribution in [3.8, 4) is 0 Å². The van der Waals surface area contributed by atoms with Crippen LogP contribution >= 0.6 is 103 Å². The van der Waals surface area contributed by atoms with Crippen LogP contribution < -0.4 is 0 Å². The van der Waals surface area contributed by atoms with Gasteiger partial charge in [-0.05, 0) is 115 Å². The average molecular weight is 757 g/mol. The van der Waals surface area contributed by atoms with Gasteiger partial charge in [0.15, 0.2) is 0 Å². The Kier molecular flexibility index (Phi) is 12.4. The van der Waals surface area contributed by atoms with Crippen LogP contribution in [0.25, 0.3) is 0 Å². The van der Waals surface area contributed by atoms with Crippen molar-refractivity contribution in [3.05, 3.63) is 56.7 Å². The van der Waals surface area contributed by atoms with Gasteiger partial charge < -0.3 is 0 Å². The van der Waals surface area contributed by atoms with Crippen molar-refractivity contribution in [2.75, 3.05) is 0 Å². The molecule has 0 aliphatic carbocycles. The molecule has 0 N–H and O–H groups in total. The fraction of sp³-hybridized carbons (Fsp3) is 0. The topological polar surface area (TPSA) is 0 Å². The summed E-state index contributed by atoms with van der Waals surface area (Å²) in [5.74, 6) is 0. The van der Waals surface area contributed by atoms with E-state index in [0.29, 0.717) is 0 Å². The largest absolute Gasteiger partial charge is 0.143 e. The van der Waals surface area contributed by atoms with Crippen molar-refractivity contribution in [3.63, 3.8) is 0 Å². The first kappa shape index (κ1) is 20.3. The monoisotopic (exact) mass is 756 g/mol. The molecule has 0 radical (unpaired) electrons. The van der Waals surface area contributed by atoms with Gasteiger partial charge in [0.1, 0.15) is 0 Å². The summed E-state index contributed by atoms with van der Waals surface area (Å²) in [5.41, 5.74) is 0. The van der Waals surface area contributed by atoms with Crippen molar-refractivity contribution >= 4 is 103 Å². The molecule has 0 fully saturated rings. The van der Waals surface area contributed by atoms with Crippen molar-refractivity contribution in [1.82, 2.24) is 0 Å². The molecule has 0 saturated carbocycles. The van der Waals surface area contributed by atoms with E-state index in [0.717, 1.165) is 4.90 Å². The number of rotatable bonds is 0. The zero-order chi connectivity index (χ0) is 12.8. The number of halogens is 4. The number of hydrogen-bond acceptors (Lipinski definition) is 1. The zero-order valence-electron chi connectivity index (χ0n) is 9.21. The molecule has 0 bridgehead atoms. The van der Waals surface area contributed by atoms with Gasteiger partial charge in [-0.2, -0.15) is 0 Å². The summed E-state index contributed by atoms with van der Waals surface area (Å²) >= 11 is 13.5. The van der Waals surface area contributed by atoms with Gasteiger partial charge >= 0.3 is 0 Å². The van der Waals surface area contributed by atoms with Gasteiger partial charge in [0.05, 0.1) is 0 Å². The Bertz CT molecular complexity index is 464. The molecule has 18 heavy (non-hydrogen) atoms. The molecule has 0 atom stereocenters. The molecule has 0 aromatic heterocycles. The smallest absolute Gasteiger partial charge is 0.0408 e. The molecular weight excluding hydrogens is 749 g/mol. The van der Waals surface area contributed by atoms with Crippen LogP contribution in [0, 0.1) is 14.3 Å². The van der Waals surface area contributed by atoms with Crippen LogP contribution in [0.2, 0.25) is 0 Å². The van der Waals surface area contributed by atoms with Crippen LogP contribution in [-0.4, -0.2) is 0 Å². The SMILES string of the molecule is Ic1ccc(I)c(I)c1I.Sc1ccccc1.[Zn]. The van der Waals surface area contributed by atoms with E-state index in [1.807, 2.05) is 30.3 Å². The Balaban J connectivity index is 0.000000321. The van der Waals surface area contributed by atoms with Crippen LogP contribution in [0.5, 0.6) is 0 Å². The van der Waals surface area contributed by atoms with Crippen LogP contribution in [-0.2, 0) is 19.5 Å². The molecule has 92 valence electrons.